The average molecular weight is 342 g/mol. The van der Waals surface area contributed by atoms with Crippen LogP contribution in [-0.2, 0) is 6.42 Å². The molecular weight excluding hydrogens is 320 g/mol. The molecule has 26 heavy (non-hydrogen) atoms. The molecule has 1 aromatic heterocycles. The number of nitrogens with zero attached hydrogens (tertiary/aromatic N) is 4. The normalized spacial score (nSPS) is 17.5. The van der Waals surface area contributed by atoms with E-state index in [9.17, 15) is 0 Å². The summed E-state index contributed by atoms with van der Waals surface area (Å²) in [4.78, 5) is 10.7. The monoisotopic (exact) mass is 342 g/mol. The van der Waals surface area contributed by atoms with Gasteiger partial charge in [-0.15, -0.1) is 0 Å². The smallest absolute Gasteiger partial charge is 0.232 e. The SMILES string of the molecule is C[C@@H]1CCCN1CCc1ccc2cc(-c3cnc(C#N)nc3)ccc2c1. The molecule has 0 amide bonds. The summed E-state index contributed by atoms with van der Waals surface area (Å²) < 4.78 is 0. The number of hydrogen-bond donors (Lipinski definition) is 0. The lowest BCUT2D eigenvalue weighted by Crippen LogP contribution is -2.28. The predicted molar refractivity (Wildman–Crippen MR) is 104 cm³/mol. The van der Waals surface area contributed by atoms with Crippen molar-refractivity contribution in [1.82, 2.24) is 14.9 Å². The minimum atomic E-state index is 0.200. The van der Waals surface area contributed by atoms with Crippen LogP contribution in [0.25, 0.3) is 21.9 Å². The molecule has 2 aromatic carbocycles. The minimum absolute atomic E-state index is 0.200. The van der Waals surface area contributed by atoms with Crippen LogP contribution in [-0.4, -0.2) is 34.0 Å². The Bertz CT molecular complexity index is 956. The van der Waals surface area contributed by atoms with Gasteiger partial charge in [0.05, 0.1) is 0 Å². The summed E-state index contributed by atoms with van der Waals surface area (Å²) in [5, 5.41) is 11.3. The fourth-order valence-electron chi connectivity index (χ4n) is 3.76. The van der Waals surface area contributed by atoms with E-state index in [0.717, 1.165) is 30.1 Å². The average Bonchev–Trinajstić information content (AvgIpc) is 3.10. The van der Waals surface area contributed by atoms with Gasteiger partial charge in [-0.2, -0.15) is 5.26 Å². The number of nitriles is 1. The molecule has 4 nitrogen and oxygen atoms in total. The zero-order chi connectivity index (χ0) is 17.9. The molecule has 0 saturated carbocycles. The van der Waals surface area contributed by atoms with E-state index in [4.69, 9.17) is 5.26 Å². The molecule has 1 atom stereocenters. The molecule has 130 valence electrons. The second-order valence-electron chi connectivity index (χ2n) is 7.08. The Morgan fingerprint density at radius 3 is 2.58 bits per heavy atom. The Balaban J connectivity index is 1.53. The maximum absolute atomic E-state index is 8.82. The minimum Gasteiger partial charge on any atom is -0.300 e. The molecule has 4 rings (SSSR count). The highest BCUT2D eigenvalue weighted by Gasteiger charge is 2.19. The van der Waals surface area contributed by atoms with Gasteiger partial charge in [-0.25, -0.2) is 9.97 Å². The van der Waals surface area contributed by atoms with Crippen LogP contribution in [0.2, 0.25) is 0 Å². The van der Waals surface area contributed by atoms with Crippen LogP contribution >= 0.6 is 0 Å². The van der Waals surface area contributed by atoms with E-state index < -0.39 is 0 Å². The number of benzene rings is 2. The fourth-order valence-corrected chi connectivity index (χ4v) is 3.76. The quantitative estimate of drug-likeness (QED) is 0.713. The van der Waals surface area contributed by atoms with Gasteiger partial charge < -0.3 is 4.90 Å². The van der Waals surface area contributed by atoms with Crippen molar-refractivity contribution in [2.75, 3.05) is 13.1 Å². The van der Waals surface area contributed by atoms with Gasteiger partial charge >= 0.3 is 0 Å². The van der Waals surface area contributed by atoms with Gasteiger partial charge in [0, 0.05) is 30.5 Å². The number of fused-ring (bicyclic) bond motifs is 1. The van der Waals surface area contributed by atoms with Gasteiger partial charge in [0.1, 0.15) is 6.07 Å². The Morgan fingerprint density at radius 2 is 1.85 bits per heavy atom. The molecule has 0 bridgehead atoms. The van der Waals surface area contributed by atoms with Crippen molar-refractivity contribution < 1.29 is 0 Å². The van der Waals surface area contributed by atoms with E-state index in [1.807, 2.05) is 6.07 Å². The lowest BCUT2D eigenvalue weighted by atomic mass is 10.0. The lowest BCUT2D eigenvalue weighted by Gasteiger charge is -2.20. The number of likely N-dealkylation sites (tertiary alicyclic amines) is 1. The highest BCUT2D eigenvalue weighted by atomic mass is 15.2. The summed E-state index contributed by atoms with van der Waals surface area (Å²) >= 11 is 0. The highest BCUT2D eigenvalue weighted by Crippen LogP contribution is 2.25. The van der Waals surface area contributed by atoms with E-state index in [1.54, 1.807) is 12.4 Å². The topological polar surface area (TPSA) is 52.8 Å². The van der Waals surface area contributed by atoms with Crippen LogP contribution in [0, 0.1) is 11.3 Å². The van der Waals surface area contributed by atoms with Crippen LogP contribution in [0.4, 0.5) is 0 Å². The standard InChI is InChI=1S/C22H22N4/c1-16-3-2-9-26(16)10-8-17-4-5-19-12-20(7-6-18(19)11-17)21-14-24-22(13-23)25-15-21/h4-7,11-12,14-16H,2-3,8-10H2,1H3/t16-/m1/s1. The maximum Gasteiger partial charge on any atom is 0.232 e. The molecule has 1 aliphatic heterocycles. The fraction of sp³-hybridized carbons (Fsp3) is 0.318. The van der Waals surface area contributed by atoms with E-state index in [-0.39, 0.29) is 5.82 Å². The molecule has 1 saturated heterocycles. The lowest BCUT2D eigenvalue weighted by molar-refractivity contribution is 0.272. The molecule has 4 heteroatoms. The van der Waals surface area contributed by atoms with Crippen molar-refractivity contribution in [3.8, 4) is 17.2 Å². The third-order valence-electron chi connectivity index (χ3n) is 5.37. The van der Waals surface area contributed by atoms with Crippen LogP contribution in [0.15, 0.2) is 48.8 Å². The Hall–Kier alpha value is -2.77. The van der Waals surface area contributed by atoms with Crippen molar-refractivity contribution in [3.63, 3.8) is 0 Å². The summed E-state index contributed by atoms with van der Waals surface area (Å²) in [6.07, 6.45) is 7.18. The van der Waals surface area contributed by atoms with Crippen LogP contribution < -0.4 is 0 Å². The number of hydrogen-bond acceptors (Lipinski definition) is 4. The van der Waals surface area contributed by atoms with Gasteiger partial charge in [0.2, 0.25) is 5.82 Å². The third kappa shape index (κ3) is 3.44. The van der Waals surface area contributed by atoms with Crippen molar-refractivity contribution in [3.05, 3.63) is 60.2 Å². The van der Waals surface area contributed by atoms with E-state index in [1.165, 1.54) is 35.7 Å². The summed E-state index contributed by atoms with van der Waals surface area (Å²) in [5.41, 5.74) is 3.39. The predicted octanol–water partition coefficient (Wildman–Crippen LogP) is 4.20. The molecule has 0 N–H and O–H groups in total. The first-order valence-electron chi connectivity index (χ1n) is 9.22. The van der Waals surface area contributed by atoms with Gasteiger partial charge in [-0.05, 0) is 60.7 Å². The van der Waals surface area contributed by atoms with Crippen LogP contribution in [0.3, 0.4) is 0 Å². The maximum atomic E-state index is 8.82. The van der Waals surface area contributed by atoms with Crippen molar-refractivity contribution in [2.45, 2.75) is 32.2 Å². The summed E-state index contributed by atoms with van der Waals surface area (Å²) in [5.74, 6) is 0.200. The Morgan fingerprint density at radius 1 is 1.08 bits per heavy atom. The largest absolute Gasteiger partial charge is 0.300 e. The Labute approximate surface area is 154 Å². The molecule has 1 aliphatic rings. The molecule has 3 aromatic rings. The van der Waals surface area contributed by atoms with E-state index in [2.05, 4.69) is 58.2 Å². The highest BCUT2D eigenvalue weighted by molar-refractivity contribution is 5.87. The van der Waals surface area contributed by atoms with Crippen LogP contribution in [0.1, 0.15) is 31.2 Å². The van der Waals surface area contributed by atoms with Gasteiger partial charge in [-0.3, -0.25) is 0 Å². The first-order chi connectivity index (χ1) is 12.7. The first-order valence-corrected chi connectivity index (χ1v) is 9.22. The van der Waals surface area contributed by atoms with Gasteiger partial charge in [0.25, 0.3) is 0 Å². The number of aromatic nitrogens is 2. The Kier molecular flexibility index (Phi) is 4.64. The summed E-state index contributed by atoms with van der Waals surface area (Å²) in [6.45, 7) is 4.72. The molecule has 0 radical (unpaired) electrons. The molecule has 2 heterocycles. The molecule has 1 fully saturated rings. The van der Waals surface area contributed by atoms with Gasteiger partial charge in [0.15, 0.2) is 0 Å². The molecule has 0 unspecified atom stereocenters. The van der Waals surface area contributed by atoms with Crippen molar-refractivity contribution in [1.29, 1.82) is 5.26 Å². The second kappa shape index (κ2) is 7.23. The molecular formula is C22H22N4. The summed E-state index contributed by atoms with van der Waals surface area (Å²) in [7, 11) is 0. The number of rotatable bonds is 4. The first kappa shape index (κ1) is 16.7. The van der Waals surface area contributed by atoms with Crippen molar-refractivity contribution >= 4 is 10.8 Å². The molecule has 0 spiro atoms. The van der Waals surface area contributed by atoms with E-state index in [0.29, 0.717) is 0 Å². The zero-order valence-electron chi connectivity index (χ0n) is 15.0. The molecule has 0 aliphatic carbocycles. The van der Waals surface area contributed by atoms with Crippen molar-refractivity contribution in [2.24, 2.45) is 0 Å². The second-order valence-corrected chi connectivity index (χ2v) is 7.08. The van der Waals surface area contributed by atoms with Crippen LogP contribution in [0.5, 0.6) is 0 Å². The van der Waals surface area contributed by atoms with E-state index >= 15 is 0 Å². The van der Waals surface area contributed by atoms with Gasteiger partial charge in [-0.1, -0.05) is 30.3 Å². The summed E-state index contributed by atoms with van der Waals surface area (Å²) in [6, 6.07) is 15.8. The third-order valence-corrected chi connectivity index (χ3v) is 5.37. The zero-order valence-corrected chi connectivity index (χ0v) is 15.0.